The maximum atomic E-state index is 12.4. The number of piperazine rings is 1. The first kappa shape index (κ1) is 20.4. The number of carbonyl (C=O) groups is 1. The van der Waals surface area contributed by atoms with Crippen LogP contribution in [0.3, 0.4) is 0 Å². The molecule has 0 aliphatic carbocycles. The van der Waals surface area contributed by atoms with Crippen molar-refractivity contribution in [3.63, 3.8) is 0 Å². The molecule has 0 spiro atoms. The summed E-state index contributed by atoms with van der Waals surface area (Å²) in [5.41, 5.74) is 3.82. The Kier molecular flexibility index (Phi) is 5.22. The standard InChI is InChI=1S/C24H26N6O2/c1-16-7-6-8-18(13-16)22-26-27-23-19-9-4-5-10-20(19)25-24(30(22)23)28-11-12-29(17(2)14-28)21(31)15-32-3/h4-10,13,17H,11-12,14-15H2,1-3H3. The zero-order chi connectivity index (χ0) is 22.2. The van der Waals surface area contributed by atoms with Crippen LogP contribution >= 0.6 is 0 Å². The van der Waals surface area contributed by atoms with Gasteiger partial charge in [-0.05, 0) is 32.0 Å². The predicted molar refractivity (Wildman–Crippen MR) is 124 cm³/mol. The highest BCUT2D eigenvalue weighted by atomic mass is 16.5. The van der Waals surface area contributed by atoms with E-state index in [1.165, 1.54) is 0 Å². The number of aryl methyl sites for hydroxylation is 1. The topological polar surface area (TPSA) is 75.9 Å². The molecule has 1 amide bonds. The normalized spacial score (nSPS) is 16.8. The Hall–Kier alpha value is -3.52. The zero-order valence-electron chi connectivity index (χ0n) is 18.5. The summed E-state index contributed by atoms with van der Waals surface area (Å²) >= 11 is 0. The lowest BCUT2D eigenvalue weighted by molar-refractivity contribution is -0.137. The molecule has 164 valence electrons. The maximum absolute atomic E-state index is 12.4. The van der Waals surface area contributed by atoms with Crippen LogP contribution in [0.1, 0.15) is 12.5 Å². The van der Waals surface area contributed by atoms with Crippen molar-refractivity contribution in [1.82, 2.24) is 24.5 Å². The molecule has 1 saturated heterocycles. The summed E-state index contributed by atoms with van der Waals surface area (Å²) in [6, 6.07) is 16.3. The van der Waals surface area contributed by atoms with Gasteiger partial charge < -0.3 is 14.5 Å². The number of fused-ring (bicyclic) bond motifs is 3. The van der Waals surface area contributed by atoms with E-state index in [9.17, 15) is 4.79 Å². The van der Waals surface area contributed by atoms with Crippen molar-refractivity contribution in [3.8, 4) is 11.4 Å². The number of amides is 1. The van der Waals surface area contributed by atoms with Crippen LogP contribution in [0.5, 0.6) is 0 Å². The van der Waals surface area contributed by atoms with Gasteiger partial charge in [0.25, 0.3) is 0 Å². The smallest absolute Gasteiger partial charge is 0.248 e. The fourth-order valence-corrected chi connectivity index (χ4v) is 4.47. The number of ether oxygens (including phenoxy) is 1. The fraction of sp³-hybridized carbons (Fsp3) is 0.333. The molecule has 32 heavy (non-hydrogen) atoms. The summed E-state index contributed by atoms with van der Waals surface area (Å²) in [5, 5.41) is 10.1. The van der Waals surface area contributed by atoms with Crippen LogP contribution in [0, 0.1) is 6.92 Å². The molecule has 0 saturated carbocycles. The minimum absolute atomic E-state index is 0.0148. The minimum Gasteiger partial charge on any atom is -0.375 e. The molecular formula is C24H26N6O2. The van der Waals surface area contributed by atoms with Gasteiger partial charge in [0, 0.05) is 43.7 Å². The van der Waals surface area contributed by atoms with E-state index in [0.717, 1.165) is 39.4 Å². The van der Waals surface area contributed by atoms with E-state index < -0.39 is 0 Å². The van der Waals surface area contributed by atoms with Gasteiger partial charge in [-0.15, -0.1) is 10.2 Å². The lowest BCUT2D eigenvalue weighted by Crippen LogP contribution is -2.55. The molecule has 1 aliphatic heterocycles. The van der Waals surface area contributed by atoms with Crippen molar-refractivity contribution in [2.24, 2.45) is 0 Å². The van der Waals surface area contributed by atoms with Gasteiger partial charge in [0.05, 0.1) is 5.52 Å². The van der Waals surface area contributed by atoms with Crippen LogP contribution in [0.25, 0.3) is 27.9 Å². The maximum Gasteiger partial charge on any atom is 0.248 e. The molecule has 0 radical (unpaired) electrons. The summed E-state index contributed by atoms with van der Waals surface area (Å²) in [6.45, 7) is 6.19. The number of anilines is 1. The van der Waals surface area contributed by atoms with Crippen molar-refractivity contribution in [2.75, 3.05) is 38.3 Å². The number of methoxy groups -OCH3 is 1. The summed E-state index contributed by atoms with van der Waals surface area (Å²) in [6.07, 6.45) is 0. The second-order valence-electron chi connectivity index (χ2n) is 8.30. The first-order valence-corrected chi connectivity index (χ1v) is 10.8. The summed E-state index contributed by atoms with van der Waals surface area (Å²) in [5.74, 6) is 1.58. The van der Waals surface area contributed by atoms with Crippen LogP contribution < -0.4 is 4.90 Å². The Bertz CT molecular complexity index is 1300. The van der Waals surface area contributed by atoms with Crippen molar-refractivity contribution in [1.29, 1.82) is 0 Å². The number of para-hydroxylation sites is 1. The highest BCUT2D eigenvalue weighted by molar-refractivity contribution is 5.93. The van der Waals surface area contributed by atoms with Gasteiger partial charge in [-0.3, -0.25) is 4.79 Å². The summed E-state index contributed by atoms with van der Waals surface area (Å²) < 4.78 is 7.10. The van der Waals surface area contributed by atoms with Crippen LogP contribution in [-0.2, 0) is 9.53 Å². The van der Waals surface area contributed by atoms with Crippen molar-refractivity contribution in [3.05, 3.63) is 54.1 Å². The Morgan fingerprint density at radius 2 is 1.97 bits per heavy atom. The SMILES string of the molecule is COCC(=O)N1CCN(c2nc3ccccc3c3nnc(-c4cccc(C)c4)n23)CC1C. The summed E-state index contributed by atoms with van der Waals surface area (Å²) in [4.78, 5) is 21.5. The molecule has 1 atom stereocenters. The van der Waals surface area contributed by atoms with Crippen molar-refractivity contribution in [2.45, 2.75) is 19.9 Å². The number of nitrogens with zero attached hydrogens (tertiary/aromatic N) is 6. The third-order valence-electron chi connectivity index (χ3n) is 6.00. The molecule has 8 heteroatoms. The Balaban J connectivity index is 1.63. The first-order valence-electron chi connectivity index (χ1n) is 10.8. The molecule has 2 aromatic carbocycles. The summed E-state index contributed by atoms with van der Waals surface area (Å²) in [7, 11) is 1.55. The van der Waals surface area contributed by atoms with Gasteiger partial charge in [-0.25, -0.2) is 9.38 Å². The first-order chi connectivity index (χ1) is 15.6. The molecule has 2 aromatic heterocycles. The van der Waals surface area contributed by atoms with Crippen LogP contribution in [0.15, 0.2) is 48.5 Å². The zero-order valence-corrected chi connectivity index (χ0v) is 18.5. The lowest BCUT2D eigenvalue weighted by atomic mass is 10.1. The van der Waals surface area contributed by atoms with Crippen LogP contribution in [-0.4, -0.2) is 69.8 Å². The van der Waals surface area contributed by atoms with Crippen molar-refractivity contribution < 1.29 is 9.53 Å². The van der Waals surface area contributed by atoms with Gasteiger partial charge in [0.2, 0.25) is 11.9 Å². The van der Waals surface area contributed by atoms with Gasteiger partial charge in [-0.1, -0.05) is 35.9 Å². The Labute approximate surface area is 186 Å². The molecule has 1 fully saturated rings. The Morgan fingerprint density at radius 1 is 1.12 bits per heavy atom. The van der Waals surface area contributed by atoms with Gasteiger partial charge in [0.15, 0.2) is 11.5 Å². The fourth-order valence-electron chi connectivity index (χ4n) is 4.47. The number of carbonyl (C=O) groups excluding carboxylic acids is 1. The number of hydrogen-bond acceptors (Lipinski definition) is 6. The van der Waals surface area contributed by atoms with E-state index in [0.29, 0.717) is 19.6 Å². The average molecular weight is 431 g/mol. The van der Waals surface area contributed by atoms with E-state index in [2.05, 4.69) is 45.5 Å². The van der Waals surface area contributed by atoms with E-state index in [1.807, 2.05) is 41.3 Å². The molecule has 1 unspecified atom stereocenters. The number of benzene rings is 2. The highest BCUT2D eigenvalue weighted by Crippen LogP contribution is 2.29. The van der Waals surface area contributed by atoms with Gasteiger partial charge >= 0.3 is 0 Å². The molecule has 1 aliphatic rings. The third kappa shape index (κ3) is 3.46. The lowest BCUT2D eigenvalue weighted by Gasteiger charge is -2.40. The number of hydrogen-bond donors (Lipinski definition) is 0. The molecule has 3 heterocycles. The molecule has 0 N–H and O–H groups in total. The van der Waals surface area contributed by atoms with E-state index in [4.69, 9.17) is 9.72 Å². The monoisotopic (exact) mass is 430 g/mol. The third-order valence-corrected chi connectivity index (χ3v) is 6.00. The largest absolute Gasteiger partial charge is 0.375 e. The van der Waals surface area contributed by atoms with Gasteiger partial charge in [0.1, 0.15) is 6.61 Å². The van der Waals surface area contributed by atoms with Crippen LogP contribution in [0.4, 0.5) is 5.95 Å². The van der Waals surface area contributed by atoms with E-state index >= 15 is 0 Å². The van der Waals surface area contributed by atoms with E-state index in [-0.39, 0.29) is 18.6 Å². The second-order valence-corrected chi connectivity index (χ2v) is 8.30. The number of rotatable bonds is 4. The number of aromatic nitrogens is 4. The highest BCUT2D eigenvalue weighted by Gasteiger charge is 2.30. The van der Waals surface area contributed by atoms with E-state index in [1.54, 1.807) is 7.11 Å². The van der Waals surface area contributed by atoms with Crippen molar-refractivity contribution >= 4 is 28.4 Å². The molecule has 0 bridgehead atoms. The molecule has 4 aromatic rings. The minimum atomic E-state index is 0.0148. The quantitative estimate of drug-likeness (QED) is 0.496. The predicted octanol–water partition coefficient (Wildman–Crippen LogP) is 2.94. The average Bonchev–Trinajstić information content (AvgIpc) is 3.24. The molecule has 8 nitrogen and oxygen atoms in total. The molecule has 5 rings (SSSR count). The van der Waals surface area contributed by atoms with Gasteiger partial charge in [-0.2, -0.15) is 0 Å². The molecular weight excluding hydrogens is 404 g/mol. The van der Waals surface area contributed by atoms with Crippen LogP contribution in [0.2, 0.25) is 0 Å². The second kappa shape index (κ2) is 8.20. The Morgan fingerprint density at radius 3 is 2.75 bits per heavy atom.